The van der Waals surface area contributed by atoms with Crippen LogP contribution in [0.4, 0.5) is 0 Å². The number of rotatable bonds is 1. The van der Waals surface area contributed by atoms with E-state index in [-0.39, 0.29) is 0 Å². The molecule has 0 aromatic rings. The number of halogens is 2. The van der Waals surface area contributed by atoms with E-state index >= 15 is 0 Å². The predicted molar refractivity (Wildman–Crippen MR) is 27.5 cm³/mol. The molecule has 0 amide bonds. The molecule has 1 N–H and O–H groups in total. The van der Waals surface area contributed by atoms with Gasteiger partial charge in [-0.15, -0.1) is 5.14 Å². The van der Waals surface area contributed by atoms with E-state index in [2.05, 4.69) is 0 Å². The largest absolute Gasteiger partial charge is 0.256 e. The molecule has 0 fully saturated rings. The summed E-state index contributed by atoms with van der Waals surface area (Å²) in [6.45, 7) is 0. The zero-order valence-electron chi connectivity index (χ0n) is 3.06. The smallest absolute Gasteiger partial charge is 0.208 e. The molecule has 0 saturated carbocycles. The minimum absolute atomic E-state index is 1.62. The highest BCUT2D eigenvalue weighted by atomic mass is 35.5. The van der Waals surface area contributed by atoms with Gasteiger partial charge in [0.2, 0.25) is 4.17 Å². The lowest BCUT2D eigenvalue weighted by molar-refractivity contribution is 0.599. The molecule has 0 atom stereocenters. The summed E-state index contributed by atoms with van der Waals surface area (Å²) in [6, 6.07) is 0. The Balaban J connectivity index is 4.10. The highest BCUT2D eigenvalue weighted by Crippen LogP contribution is 2.06. The second-order valence-corrected chi connectivity index (χ2v) is 3.98. The van der Waals surface area contributed by atoms with E-state index in [0.717, 1.165) is 0 Å². The lowest BCUT2D eigenvalue weighted by Gasteiger charge is -1.89. The third-order valence-corrected chi connectivity index (χ3v) is 2.11. The molecular formula is CH2Cl2NO2S. The van der Waals surface area contributed by atoms with Crippen molar-refractivity contribution in [3.63, 3.8) is 0 Å². The molecule has 0 bridgehead atoms. The van der Waals surface area contributed by atoms with Crippen LogP contribution < -0.4 is 5.14 Å². The van der Waals surface area contributed by atoms with Crippen LogP contribution in [0.2, 0.25) is 0 Å². The Hall–Kier alpha value is 0.490. The lowest BCUT2D eigenvalue weighted by atomic mass is 11.9. The molecule has 0 rings (SSSR count). The van der Waals surface area contributed by atoms with Gasteiger partial charge in [-0.1, -0.05) is 23.2 Å². The van der Waals surface area contributed by atoms with E-state index in [4.69, 9.17) is 28.3 Å². The minimum Gasteiger partial charge on any atom is -0.208 e. The van der Waals surface area contributed by atoms with Gasteiger partial charge in [-0.05, 0) is 0 Å². The minimum atomic E-state index is -3.96. The van der Waals surface area contributed by atoms with Crippen molar-refractivity contribution < 1.29 is 8.42 Å². The topological polar surface area (TPSA) is 57.9 Å². The molecule has 0 aromatic heterocycles. The average Bonchev–Trinajstić information content (AvgIpc) is 1.31. The molecule has 0 aliphatic heterocycles. The van der Waals surface area contributed by atoms with Crippen molar-refractivity contribution in [1.29, 1.82) is 0 Å². The van der Waals surface area contributed by atoms with Crippen molar-refractivity contribution in [3.05, 3.63) is 0 Å². The van der Waals surface area contributed by atoms with Crippen molar-refractivity contribution in [2.45, 2.75) is 4.17 Å². The fourth-order valence-electron chi connectivity index (χ4n) is 0. The summed E-state index contributed by atoms with van der Waals surface area (Å²) >= 11 is 9.49. The van der Waals surface area contributed by atoms with Crippen LogP contribution in [0.15, 0.2) is 0 Å². The van der Waals surface area contributed by atoms with Gasteiger partial charge < -0.3 is 0 Å². The third kappa shape index (κ3) is 3.11. The van der Waals surface area contributed by atoms with Gasteiger partial charge in [0, 0.05) is 0 Å². The molecule has 3 nitrogen and oxygen atoms in total. The quantitative estimate of drug-likeness (QED) is 0.524. The Labute approximate surface area is 51.4 Å². The van der Waals surface area contributed by atoms with Crippen molar-refractivity contribution in [2.75, 3.05) is 0 Å². The molecule has 7 heavy (non-hydrogen) atoms. The zero-order chi connectivity index (χ0) is 6.08. The third-order valence-electron chi connectivity index (χ3n) is 0.235. The fourth-order valence-corrected chi connectivity index (χ4v) is 0. The first-order valence-electron chi connectivity index (χ1n) is 1.21. The summed E-state index contributed by atoms with van der Waals surface area (Å²) in [7, 11) is -3.96. The first-order chi connectivity index (χ1) is 2.94. The first kappa shape index (κ1) is 7.49. The van der Waals surface area contributed by atoms with Crippen LogP contribution in [0, 0.1) is 0 Å². The van der Waals surface area contributed by atoms with Gasteiger partial charge in [0.1, 0.15) is 0 Å². The molecule has 0 aliphatic rings. The molecular weight excluding hydrogens is 161 g/mol. The molecule has 43 valence electrons. The van der Waals surface area contributed by atoms with E-state index in [0.29, 0.717) is 0 Å². The maximum Gasteiger partial charge on any atom is 0.256 e. The number of hydrogen-bond acceptors (Lipinski definition) is 2. The maximum atomic E-state index is 9.73. The van der Waals surface area contributed by atoms with Gasteiger partial charge in [0.05, 0.1) is 0 Å². The lowest BCUT2D eigenvalue weighted by Crippen LogP contribution is -2.07. The molecule has 0 aliphatic carbocycles. The van der Waals surface area contributed by atoms with Gasteiger partial charge in [-0.25, -0.2) is 8.42 Å². The number of nitrogens with one attached hydrogen (secondary N) is 1. The Kier molecular flexibility index (Phi) is 2.32. The van der Waals surface area contributed by atoms with Crippen molar-refractivity contribution in [2.24, 2.45) is 0 Å². The van der Waals surface area contributed by atoms with Crippen LogP contribution in [0.25, 0.3) is 0 Å². The number of alkyl halides is 2. The Morgan fingerprint density at radius 2 is 1.57 bits per heavy atom. The van der Waals surface area contributed by atoms with E-state index in [1.807, 2.05) is 0 Å². The summed E-state index contributed by atoms with van der Waals surface area (Å²) in [5, 5.41) is 6.09. The Morgan fingerprint density at radius 1 is 1.43 bits per heavy atom. The van der Waals surface area contributed by atoms with Gasteiger partial charge in [-0.3, -0.25) is 0 Å². The second-order valence-electron chi connectivity index (χ2n) is 0.806. The van der Waals surface area contributed by atoms with Crippen LogP contribution in [-0.4, -0.2) is 12.6 Å². The van der Waals surface area contributed by atoms with Crippen LogP contribution >= 0.6 is 23.2 Å². The van der Waals surface area contributed by atoms with Crippen LogP contribution in [0.5, 0.6) is 0 Å². The van der Waals surface area contributed by atoms with E-state index < -0.39 is 14.2 Å². The summed E-state index contributed by atoms with van der Waals surface area (Å²) in [5.41, 5.74) is 0. The summed E-state index contributed by atoms with van der Waals surface area (Å²) < 4.78 is 17.8. The van der Waals surface area contributed by atoms with Crippen molar-refractivity contribution in [3.8, 4) is 0 Å². The highest BCUT2D eigenvalue weighted by molar-refractivity contribution is 7.92. The van der Waals surface area contributed by atoms with Crippen LogP contribution in [0.1, 0.15) is 0 Å². The molecule has 0 spiro atoms. The van der Waals surface area contributed by atoms with Gasteiger partial charge in [0.15, 0.2) is 0 Å². The van der Waals surface area contributed by atoms with Crippen LogP contribution in [0.3, 0.4) is 0 Å². The van der Waals surface area contributed by atoms with Gasteiger partial charge in [-0.2, -0.15) is 0 Å². The SMILES string of the molecule is [NH]S(=O)(=O)C(Cl)Cl. The Morgan fingerprint density at radius 3 is 1.57 bits per heavy atom. The molecule has 6 heteroatoms. The van der Waals surface area contributed by atoms with Gasteiger partial charge in [0.25, 0.3) is 10.0 Å². The molecule has 0 saturated heterocycles. The monoisotopic (exact) mass is 162 g/mol. The summed E-state index contributed by atoms with van der Waals surface area (Å²) in [4.78, 5) is 0. The highest BCUT2D eigenvalue weighted by Gasteiger charge is 2.13. The average molecular weight is 163 g/mol. The summed E-state index contributed by atoms with van der Waals surface area (Å²) in [5.74, 6) is 0. The van der Waals surface area contributed by atoms with E-state index in [1.54, 1.807) is 0 Å². The zero-order valence-corrected chi connectivity index (χ0v) is 5.39. The first-order valence-corrected chi connectivity index (χ1v) is 3.63. The predicted octanol–water partition coefficient (Wildman–Crippen LogP) is 0.360. The number of sulfonamides is 1. The molecule has 0 heterocycles. The standard InChI is InChI=1S/CH2Cl2NO2S/c2-1(3)7(4,5)6/h1,4H. The van der Waals surface area contributed by atoms with Crippen molar-refractivity contribution >= 4 is 33.2 Å². The molecule has 0 aromatic carbocycles. The maximum absolute atomic E-state index is 9.73. The van der Waals surface area contributed by atoms with Gasteiger partial charge >= 0.3 is 0 Å². The number of hydrogen-bond donors (Lipinski definition) is 0. The van der Waals surface area contributed by atoms with Crippen molar-refractivity contribution in [1.82, 2.24) is 5.14 Å². The normalized spacial score (nSPS) is 12.6. The molecule has 1 radical (unpaired) electrons. The summed E-state index contributed by atoms with van der Waals surface area (Å²) in [6.07, 6.45) is 0. The van der Waals surface area contributed by atoms with Crippen LogP contribution in [-0.2, 0) is 10.0 Å². The fraction of sp³-hybridized carbons (Fsp3) is 1.00. The second kappa shape index (κ2) is 2.17. The Bertz CT molecular complexity index is 138. The van der Waals surface area contributed by atoms with E-state index in [9.17, 15) is 8.42 Å². The van der Waals surface area contributed by atoms with E-state index in [1.165, 1.54) is 0 Å². The molecule has 0 unspecified atom stereocenters.